The van der Waals surface area contributed by atoms with Crippen molar-refractivity contribution in [2.45, 2.75) is 0 Å². The molecule has 0 atom stereocenters. The number of halogens is 1. The predicted octanol–water partition coefficient (Wildman–Crippen LogP) is 0.946. The highest BCUT2D eigenvalue weighted by atomic mass is 79.9. The fourth-order valence-electron chi connectivity index (χ4n) is 1.77. The van der Waals surface area contributed by atoms with Crippen molar-refractivity contribution in [2.75, 3.05) is 32.4 Å². The Morgan fingerprint density at radius 3 is 2.72 bits per heavy atom. The molecule has 0 bridgehead atoms. The van der Waals surface area contributed by atoms with Crippen LogP contribution in [0.3, 0.4) is 0 Å². The molecule has 1 heterocycles. The summed E-state index contributed by atoms with van der Waals surface area (Å²) in [5, 5.41) is 0. The Hall–Kier alpha value is -1.56. The number of benzene rings is 1. The number of amides is 2. The van der Waals surface area contributed by atoms with Gasteiger partial charge in [-0.2, -0.15) is 0 Å². The van der Waals surface area contributed by atoms with E-state index in [0.717, 1.165) is 0 Å². The summed E-state index contributed by atoms with van der Waals surface area (Å²) in [4.78, 5) is 27.0. The molecule has 2 amide bonds. The van der Waals surface area contributed by atoms with E-state index in [1.807, 2.05) is 0 Å². The molecule has 1 aromatic carbocycles. The maximum Gasteiger partial charge on any atom is 0.254 e. The minimum absolute atomic E-state index is 0.0379. The van der Waals surface area contributed by atoms with Crippen molar-refractivity contribution in [1.29, 1.82) is 0 Å². The molecule has 0 radical (unpaired) electrons. The van der Waals surface area contributed by atoms with E-state index in [-0.39, 0.29) is 18.4 Å². The summed E-state index contributed by atoms with van der Waals surface area (Å²) in [7, 11) is 1.74. The average Bonchev–Trinajstić information content (AvgIpc) is 2.35. The van der Waals surface area contributed by atoms with Gasteiger partial charge in [-0.25, -0.2) is 0 Å². The maximum absolute atomic E-state index is 12.2. The van der Waals surface area contributed by atoms with Crippen LogP contribution in [-0.2, 0) is 4.79 Å². The minimum atomic E-state index is -0.142. The third-order valence-electron chi connectivity index (χ3n) is 2.99. The van der Waals surface area contributed by atoms with Crippen molar-refractivity contribution in [3.05, 3.63) is 28.2 Å². The number of carbonyl (C=O) groups is 2. The van der Waals surface area contributed by atoms with E-state index in [9.17, 15) is 9.59 Å². The number of piperazine rings is 1. The molecule has 1 aromatic rings. The van der Waals surface area contributed by atoms with Gasteiger partial charge in [0, 0.05) is 35.9 Å². The molecule has 0 aliphatic carbocycles. The summed E-state index contributed by atoms with van der Waals surface area (Å²) >= 11 is 3.29. The number of nitrogens with two attached hydrogens (primary N) is 1. The maximum atomic E-state index is 12.2. The van der Waals surface area contributed by atoms with Crippen LogP contribution in [-0.4, -0.2) is 48.3 Å². The van der Waals surface area contributed by atoms with Gasteiger partial charge in [0.15, 0.2) is 0 Å². The molecular formula is C12H14BrN3O2. The van der Waals surface area contributed by atoms with Gasteiger partial charge in [0.05, 0.1) is 0 Å². The lowest BCUT2D eigenvalue weighted by Crippen LogP contribution is -2.50. The second-order valence-electron chi connectivity index (χ2n) is 4.28. The van der Waals surface area contributed by atoms with E-state index in [1.165, 1.54) is 0 Å². The number of nitrogens with zero attached hydrogens (tertiary/aromatic N) is 2. The smallest absolute Gasteiger partial charge is 0.254 e. The molecule has 1 aliphatic heterocycles. The molecule has 18 heavy (non-hydrogen) atoms. The summed E-state index contributed by atoms with van der Waals surface area (Å²) < 4.78 is 0.689. The van der Waals surface area contributed by atoms with Crippen LogP contribution in [0.4, 0.5) is 5.69 Å². The summed E-state index contributed by atoms with van der Waals surface area (Å²) in [5.41, 5.74) is 6.79. The zero-order chi connectivity index (χ0) is 13.3. The second kappa shape index (κ2) is 4.97. The molecule has 0 saturated carbocycles. The van der Waals surface area contributed by atoms with E-state index >= 15 is 0 Å². The van der Waals surface area contributed by atoms with E-state index in [4.69, 9.17) is 5.73 Å². The van der Waals surface area contributed by atoms with Crippen LogP contribution >= 0.6 is 15.9 Å². The van der Waals surface area contributed by atoms with E-state index in [0.29, 0.717) is 28.8 Å². The molecule has 1 aliphatic rings. The number of rotatable bonds is 1. The molecule has 1 fully saturated rings. The van der Waals surface area contributed by atoms with Gasteiger partial charge in [0.2, 0.25) is 5.91 Å². The van der Waals surface area contributed by atoms with Crippen molar-refractivity contribution >= 4 is 33.4 Å². The lowest BCUT2D eigenvalue weighted by molar-refractivity contribution is -0.133. The van der Waals surface area contributed by atoms with Gasteiger partial charge in [0.25, 0.3) is 5.91 Å². The Balaban J connectivity index is 2.16. The lowest BCUT2D eigenvalue weighted by Gasteiger charge is -2.32. The Morgan fingerprint density at radius 1 is 1.39 bits per heavy atom. The van der Waals surface area contributed by atoms with E-state index in [2.05, 4.69) is 15.9 Å². The van der Waals surface area contributed by atoms with Crippen LogP contribution in [0.25, 0.3) is 0 Å². The number of hydrogen-bond donors (Lipinski definition) is 1. The predicted molar refractivity (Wildman–Crippen MR) is 72.1 cm³/mol. The molecule has 0 aromatic heterocycles. The fraction of sp³-hybridized carbons (Fsp3) is 0.333. The van der Waals surface area contributed by atoms with Gasteiger partial charge in [-0.15, -0.1) is 0 Å². The molecule has 6 heteroatoms. The van der Waals surface area contributed by atoms with Crippen LogP contribution in [0.1, 0.15) is 10.4 Å². The molecular weight excluding hydrogens is 298 g/mol. The Kier molecular flexibility index (Phi) is 3.56. The molecule has 0 spiro atoms. The van der Waals surface area contributed by atoms with Gasteiger partial charge in [-0.3, -0.25) is 9.59 Å². The summed E-state index contributed by atoms with van der Waals surface area (Å²) in [6.07, 6.45) is 0. The third kappa shape index (κ3) is 2.48. The average molecular weight is 312 g/mol. The van der Waals surface area contributed by atoms with Gasteiger partial charge in [-0.1, -0.05) is 0 Å². The van der Waals surface area contributed by atoms with E-state index < -0.39 is 0 Å². The second-order valence-corrected chi connectivity index (χ2v) is 5.13. The van der Waals surface area contributed by atoms with Crippen molar-refractivity contribution in [2.24, 2.45) is 0 Å². The van der Waals surface area contributed by atoms with Gasteiger partial charge < -0.3 is 15.5 Å². The normalized spacial score (nSPS) is 16.0. The highest BCUT2D eigenvalue weighted by Crippen LogP contribution is 2.21. The summed E-state index contributed by atoms with van der Waals surface area (Å²) in [5.74, 6) is -0.179. The van der Waals surface area contributed by atoms with Crippen molar-refractivity contribution in [1.82, 2.24) is 9.80 Å². The standard InChI is InChI=1S/C12H14BrN3O2/c1-15-4-5-16(7-11(15)17)12(18)8-2-3-10(14)9(13)6-8/h2-3,6H,4-5,7,14H2,1H3. The first-order valence-electron chi connectivity index (χ1n) is 5.57. The van der Waals surface area contributed by atoms with Gasteiger partial charge in [0.1, 0.15) is 6.54 Å². The highest BCUT2D eigenvalue weighted by molar-refractivity contribution is 9.10. The molecule has 2 rings (SSSR count). The zero-order valence-corrected chi connectivity index (χ0v) is 11.6. The fourth-order valence-corrected chi connectivity index (χ4v) is 2.15. The number of nitrogen functional groups attached to an aromatic ring is 1. The molecule has 2 N–H and O–H groups in total. The molecule has 1 saturated heterocycles. The Bertz CT molecular complexity index is 504. The van der Waals surface area contributed by atoms with Crippen molar-refractivity contribution < 1.29 is 9.59 Å². The van der Waals surface area contributed by atoms with E-state index in [1.54, 1.807) is 35.0 Å². The largest absolute Gasteiger partial charge is 0.398 e. The Morgan fingerprint density at radius 2 is 2.11 bits per heavy atom. The summed E-state index contributed by atoms with van der Waals surface area (Å²) in [6, 6.07) is 5.03. The van der Waals surface area contributed by atoms with Crippen LogP contribution < -0.4 is 5.73 Å². The number of anilines is 1. The number of likely N-dealkylation sites (N-methyl/N-ethyl adjacent to an activating group) is 1. The molecule has 5 nitrogen and oxygen atoms in total. The van der Waals surface area contributed by atoms with Crippen LogP contribution in [0, 0.1) is 0 Å². The highest BCUT2D eigenvalue weighted by Gasteiger charge is 2.25. The molecule has 96 valence electrons. The lowest BCUT2D eigenvalue weighted by atomic mass is 10.1. The third-order valence-corrected chi connectivity index (χ3v) is 3.68. The zero-order valence-electron chi connectivity index (χ0n) is 10.0. The van der Waals surface area contributed by atoms with Crippen LogP contribution in [0.15, 0.2) is 22.7 Å². The summed E-state index contributed by atoms with van der Waals surface area (Å²) in [6.45, 7) is 1.26. The van der Waals surface area contributed by atoms with Gasteiger partial charge >= 0.3 is 0 Å². The topological polar surface area (TPSA) is 66.6 Å². The SMILES string of the molecule is CN1CCN(C(=O)c2ccc(N)c(Br)c2)CC1=O. The first-order chi connectivity index (χ1) is 8.49. The van der Waals surface area contributed by atoms with Crippen molar-refractivity contribution in [3.63, 3.8) is 0 Å². The quantitative estimate of drug-likeness (QED) is 0.785. The first kappa shape index (κ1) is 12.9. The first-order valence-corrected chi connectivity index (χ1v) is 6.36. The van der Waals surface area contributed by atoms with Crippen LogP contribution in [0.2, 0.25) is 0 Å². The number of hydrogen-bond acceptors (Lipinski definition) is 3. The monoisotopic (exact) mass is 311 g/mol. The molecule has 0 unspecified atom stereocenters. The number of carbonyl (C=O) groups excluding carboxylic acids is 2. The van der Waals surface area contributed by atoms with Gasteiger partial charge in [-0.05, 0) is 34.1 Å². The van der Waals surface area contributed by atoms with Crippen molar-refractivity contribution in [3.8, 4) is 0 Å². The van der Waals surface area contributed by atoms with Crippen LogP contribution in [0.5, 0.6) is 0 Å². The minimum Gasteiger partial charge on any atom is -0.398 e. The Labute approximate surface area is 114 Å².